The zero-order chi connectivity index (χ0) is 11.9. The van der Waals surface area contributed by atoms with Crippen molar-refractivity contribution in [3.63, 3.8) is 0 Å². The molecule has 94 valence electrons. The van der Waals surface area contributed by atoms with Crippen LogP contribution < -0.4 is 0 Å². The molecule has 2 rings (SSSR count). The molecule has 17 heavy (non-hydrogen) atoms. The van der Waals surface area contributed by atoms with Crippen molar-refractivity contribution in [2.24, 2.45) is 0 Å². The van der Waals surface area contributed by atoms with Gasteiger partial charge >= 0.3 is 0 Å². The summed E-state index contributed by atoms with van der Waals surface area (Å²) in [7, 11) is 0. The Morgan fingerprint density at radius 2 is 1.71 bits per heavy atom. The summed E-state index contributed by atoms with van der Waals surface area (Å²) in [5.74, 6) is 0. The lowest BCUT2D eigenvalue weighted by Crippen LogP contribution is -2.25. The van der Waals surface area contributed by atoms with Gasteiger partial charge in [-0.25, -0.2) is 0 Å². The fourth-order valence-electron chi connectivity index (χ4n) is 2.52. The number of aliphatic hydroxyl groups excluding tert-OH is 1. The van der Waals surface area contributed by atoms with E-state index in [2.05, 4.69) is 35.2 Å². The Balaban J connectivity index is 1.86. The third kappa shape index (κ3) is 4.49. The second kappa shape index (κ2) is 6.77. The van der Waals surface area contributed by atoms with Crippen LogP contribution in [-0.4, -0.2) is 29.2 Å². The number of hydrogen-bond donors (Lipinski definition) is 1. The van der Waals surface area contributed by atoms with Crippen LogP contribution in [0.4, 0.5) is 0 Å². The van der Waals surface area contributed by atoms with E-state index in [0.717, 1.165) is 38.8 Å². The van der Waals surface area contributed by atoms with Crippen LogP contribution in [0.15, 0.2) is 30.3 Å². The van der Waals surface area contributed by atoms with E-state index in [0.29, 0.717) is 0 Å². The topological polar surface area (TPSA) is 23.5 Å². The number of aliphatic hydroxyl groups is 1. The smallest absolute Gasteiger partial charge is 0.0540 e. The molecule has 0 saturated carbocycles. The molecule has 0 radical (unpaired) electrons. The lowest BCUT2D eigenvalue weighted by Gasteiger charge is -2.21. The number of hydrogen-bond acceptors (Lipinski definition) is 2. The van der Waals surface area contributed by atoms with Crippen molar-refractivity contribution < 1.29 is 5.11 Å². The standard InChI is InChI=1S/C15H23NO/c17-15-9-4-5-11-16(12-6-10-15)13-14-7-2-1-3-8-14/h1-3,7-8,15,17H,4-6,9-13H2. The Labute approximate surface area is 104 Å². The lowest BCUT2D eigenvalue weighted by atomic mass is 10.1. The van der Waals surface area contributed by atoms with Gasteiger partial charge in [0.05, 0.1) is 6.10 Å². The van der Waals surface area contributed by atoms with E-state index in [1.807, 2.05) is 0 Å². The minimum atomic E-state index is -0.0633. The highest BCUT2D eigenvalue weighted by atomic mass is 16.3. The highest BCUT2D eigenvalue weighted by molar-refractivity contribution is 5.14. The third-order valence-electron chi connectivity index (χ3n) is 3.52. The van der Waals surface area contributed by atoms with Crippen molar-refractivity contribution in [2.75, 3.05) is 13.1 Å². The molecule has 0 aromatic heterocycles. The van der Waals surface area contributed by atoms with Gasteiger partial charge in [0.1, 0.15) is 0 Å². The quantitative estimate of drug-likeness (QED) is 0.849. The van der Waals surface area contributed by atoms with Gasteiger partial charge in [0.2, 0.25) is 0 Å². The molecule has 1 atom stereocenters. The molecule has 1 unspecified atom stereocenters. The maximum absolute atomic E-state index is 9.70. The maximum atomic E-state index is 9.70. The minimum Gasteiger partial charge on any atom is -0.393 e. The summed E-state index contributed by atoms with van der Waals surface area (Å²) in [4.78, 5) is 2.52. The van der Waals surface area contributed by atoms with Crippen molar-refractivity contribution in [3.8, 4) is 0 Å². The van der Waals surface area contributed by atoms with Crippen molar-refractivity contribution in [3.05, 3.63) is 35.9 Å². The zero-order valence-electron chi connectivity index (χ0n) is 10.5. The van der Waals surface area contributed by atoms with Crippen LogP contribution in [0.5, 0.6) is 0 Å². The maximum Gasteiger partial charge on any atom is 0.0540 e. The van der Waals surface area contributed by atoms with Crippen LogP contribution in [0, 0.1) is 0 Å². The van der Waals surface area contributed by atoms with Crippen molar-refractivity contribution in [1.82, 2.24) is 4.90 Å². The van der Waals surface area contributed by atoms with Crippen LogP contribution in [0.3, 0.4) is 0 Å². The number of rotatable bonds is 2. The molecule has 1 N–H and O–H groups in total. The molecule has 0 bridgehead atoms. The molecule has 1 heterocycles. The van der Waals surface area contributed by atoms with Gasteiger partial charge in [0, 0.05) is 6.54 Å². The molecule has 0 aliphatic carbocycles. The summed E-state index contributed by atoms with van der Waals surface area (Å²) in [6.07, 6.45) is 5.38. The highest BCUT2D eigenvalue weighted by Crippen LogP contribution is 2.14. The first-order valence-electron chi connectivity index (χ1n) is 6.79. The van der Waals surface area contributed by atoms with E-state index >= 15 is 0 Å². The molecule has 1 aromatic carbocycles. The van der Waals surface area contributed by atoms with E-state index in [9.17, 15) is 5.11 Å². The summed E-state index contributed by atoms with van der Waals surface area (Å²) in [6.45, 7) is 3.34. The Morgan fingerprint density at radius 3 is 2.53 bits per heavy atom. The summed E-state index contributed by atoms with van der Waals surface area (Å²) in [6, 6.07) is 10.7. The van der Waals surface area contributed by atoms with Crippen LogP contribution in [0.25, 0.3) is 0 Å². The molecule has 0 spiro atoms. The minimum absolute atomic E-state index is 0.0633. The van der Waals surface area contributed by atoms with Gasteiger partial charge in [-0.15, -0.1) is 0 Å². The first-order valence-corrected chi connectivity index (χ1v) is 6.79. The van der Waals surface area contributed by atoms with Crippen molar-refractivity contribution >= 4 is 0 Å². The van der Waals surface area contributed by atoms with Gasteiger partial charge in [0.25, 0.3) is 0 Å². The Kier molecular flexibility index (Phi) is 5.02. The van der Waals surface area contributed by atoms with E-state index in [1.165, 1.54) is 18.5 Å². The molecule has 1 fully saturated rings. The van der Waals surface area contributed by atoms with Crippen LogP contribution in [0.2, 0.25) is 0 Å². The second-order valence-electron chi connectivity index (χ2n) is 5.05. The predicted molar refractivity (Wildman–Crippen MR) is 70.8 cm³/mol. The van der Waals surface area contributed by atoms with E-state index in [4.69, 9.17) is 0 Å². The molecule has 1 aliphatic rings. The molecule has 1 aromatic rings. The first-order chi connectivity index (χ1) is 8.34. The normalized spacial score (nSPS) is 23.7. The predicted octanol–water partition coefficient (Wildman–Crippen LogP) is 2.81. The van der Waals surface area contributed by atoms with Gasteiger partial charge in [-0.1, -0.05) is 30.3 Å². The van der Waals surface area contributed by atoms with Crippen LogP contribution in [-0.2, 0) is 6.54 Å². The fraction of sp³-hybridized carbons (Fsp3) is 0.600. The van der Waals surface area contributed by atoms with Gasteiger partial charge in [0.15, 0.2) is 0 Å². The average molecular weight is 233 g/mol. The Hall–Kier alpha value is -0.860. The fourth-order valence-corrected chi connectivity index (χ4v) is 2.52. The van der Waals surface area contributed by atoms with E-state index in [-0.39, 0.29) is 6.10 Å². The number of nitrogens with zero attached hydrogens (tertiary/aromatic N) is 1. The summed E-state index contributed by atoms with van der Waals surface area (Å²) >= 11 is 0. The SMILES string of the molecule is OC1CCCCN(Cc2ccccc2)CCC1. The van der Waals surface area contributed by atoms with Gasteiger partial charge in [-0.05, 0) is 50.8 Å². The van der Waals surface area contributed by atoms with Gasteiger partial charge in [-0.3, -0.25) is 4.90 Å². The number of benzene rings is 1. The van der Waals surface area contributed by atoms with Crippen molar-refractivity contribution in [2.45, 2.75) is 44.8 Å². The molecule has 1 aliphatic heterocycles. The summed E-state index contributed by atoms with van der Waals surface area (Å²) < 4.78 is 0. The van der Waals surface area contributed by atoms with E-state index < -0.39 is 0 Å². The Bertz CT molecular complexity index is 312. The third-order valence-corrected chi connectivity index (χ3v) is 3.52. The molecule has 2 nitrogen and oxygen atoms in total. The highest BCUT2D eigenvalue weighted by Gasteiger charge is 2.11. The molecule has 2 heteroatoms. The molecular formula is C15H23NO. The first kappa shape index (κ1) is 12.6. The Morgan fingerprint density at radius 1 is 1.00 bits per heavy atom. The second-order valence-corrected chi connectivity index (χ2v) is 5.05. The largest absolute Gasteiger partial charge is 0.393 e. The zero-order valence-corrected chi connectivity index (χ0v) is 10.5. The van der Waals surface area contributed by atoms with Crippen LogP contribution >= 0.6 is 0 Å². The average Bonchev–Trinajstić information content (AvgIpc) is 2.44. The van der Waals surface area contributed by atoms with Crippen LogP contribution in [0.1, 0.15) is 37.7 Å². The molecular weight excluding hydrogens is 210 g/mol. The molecule has 1 saturated heterocycles. The lowest BCUT2D eigenvalue weighted by molar-refractivity contribution is 0.149. The molecule has 0 amide bonds. The summed E-state index contributed by atoms with van der Waals surface area (Å²) in [5.41, 5.74) is 1.40. The van der Waals surface area contributed by atoms with Crippen molar-refractivity contribution in [1.29, 1.82) is 0 Å². The van der Waals surface area contributed by atoms with E-state index in [1.54, 1.807) is 0 Å². The van der Waals surface area contributed by atoms with Gasteiger partial charge in [-0.2, -0.15) is 0 Å². The monoisotopic (exact) mass is 233 g/mol. The van der Waals surface area contributed by atoms with Gasteiger partial charge < -0.3 is 5.11 Å². The summed E-state index contributed by atoms with van der Waals surface area (Å²) in [5, 5.41) is 9.70.